The maximum Gasteiger partial charge on any atom is 0.339 e. The number of hydrogen-bond acceptors (Lipinski definition) is 5. The zero-order valence-electron chi connectivity index (χ0n) is 12.5. The van der Waals surface area contributed by atoms with Crippen LogP contribution < -0.4 is 5.32 Å². The molecule has 0 aliphatic carbocycles. The molecule has 0 aromatic carbocycles. The molecule has 1 aromatic rings. The number of hydrogen-bond donors (Lipinski definition) is 1. The van der Waals surface area contributed by atoms with Crippen molar-refractivity contribution >= 4 is 11.8 Å². The predicted molar refractivity (Wildman–Crippen MR) is 79.1 cm³/mol. The van der Waals surface area contributed by atoms with E-state index >= 15 is 0 Å². The van der Waals surface area contributed by atoms with E-state index in [0.717, 1.165) is 12.4 Å². The minimum atomic E-state index is -0.341. The quantitative estimate of drug-likeness (QED) is 0.835. The van der Waals surface area contributed by atoms with Gasteiger partial charge in [-0.2, -0.15) is 0 Å². The van der Waals surface area contributed by atoms with Crippen LogP contribution in [0, 0.1) is 6.92 Å². The number of aryl methyl sites for hydroxylation is 1. The van der Waals surface area contributed by atoms with Crippen LogP contribution in [-0.2, 0) is 4.74 Å². The smallest absolute Gasteiger partial charge is 0.339 e. The summed E-state index contributed by atoms with van der Waals surface area (Å²) < 4.78 is 4.72. The molecule has 0 radical (unpaired) electrons. The third-order valence-corrected chi connectivity index (χ3v) is 3.62. The number of ether oxygens (including phenoxy) is 1. The lowest BCUT2D eigenvalue weighted by atomic mass is 10.2. The number of nitrogens with one attached hydrogen (secondary N) is 1. The van der Waals surface area contributed by atoms with E-state index in [2.05, 4.69) is 22.1 Å². The van der Waals surface area contributed by atoms with Crippen molar-refractivity contribution in [1.29, 1.82) is 0 Å². The van der Waals surface area contributed by atoms with Crippen LogP contribution in [0.25, 0.3) is 0 Å². The molecule has 0 spiro atoms. The number of carbonyl (C=O) groups excluding carboxylic acids is 1. The molecule has 0 amide bonds. The molecule has 20 heavy (non-hydrogen) atoms. The van der Waals surface area contributed by atoms with Crippen LogP contribution in [-0.4, -0.2) is 48.6 Å². The summed E-state index contributed by atoms with van der Waals surface area (Å²) in [4.78, 5) is 18.4. The number of anilines is 1. The van der Waals surface area contributed by atoms with Crippen molar-refractivity contribution in [2.24, 2.45) is 0 Å². The van der Waals surface area contributed by atoms with E-state index in [9.17, 15) is 4.79 Å². The third-order valence-electron chi connectivity index (χ3n) is 3.62. The highest BCUT2D eigenvalue weighted by Crippen LogP contribution is 2.14. The zero-order chi connectivity index (χ0) is 14.5. The van der Waals surface area contributed by atoms with E-state index in [1.807, 2.05) is 13.0 Å². The van der Waals surface area contributed by atoms with Gasteiger partial charge in [-0.25, -0.2) is 9.78 Å². The van der Waals surface area contributed by atoms with Crippen molar-refractivity contribution in [3.05, 3.63) is 23.4 Å². The topological polar surface area (TPSA) is 54.5 Å². The zero-order valence-corrected chi connectivity index (χ0v) is 12.5. The number of likely N-dealkylation sites (tertiary alicyclic amines) is 1. The number of aromatic nitrogens is 1. The van der Waals surface area contributed by atoms with Gasteiger partial charge in [-0.05, 0) is 51.9 Å². The first-order chi connectivity index (χ1) is 9.60. The van der Waals surface area contributed by atoms with Crippen molar-refractivity contribution in [3.8, 4) is 0 Å². The SMILES string of the molecule is COC(=O)c1ccc(NC(C)CN2CCCC2)nc1C. The second-order valence-electron chi connectivity index (χ2n) is 5.37. The third kappa shape index (κ3) is 3.70. The van der Waals surface area contributed by atoms with Crippen LogP contribution in [0.4, 0.5) is 5.82 Å². The number of pyridine rings is 1. The Kier molecular flexibility index (Phi) is 4.95. The van der Waals surface area contributed by atoms with Crippen LogP contribution in [0.2, 0.25) is 0 Å². The molecule has 1 aliphatic heterocycles. The summed E-state index contributed by atoms with van der Waals surface area (Å²) in [5, 5.41) is 3.39. The lowest BCUT2D eigenvalue weighted by Crippen LogP contribution is -2.33. The predicted octanol–water partition coefficient (Wildman–Crippen LogP) is 2.07. The molecule has 1 aromatic heterocycles. The number of esters is 1. The van der Waals surface area contributed by atoms with E-state index in [1.54, 1.807) is 6.07 Å². The summed E-state index contributed by atoms with van der Waals surface area (Å²) in [6.07, 6.45) is 2.61. The normalized spacial score (nSPS) is 16.9. The van der Waals surface area contributed by atoms with Gasteiger partial charge in [0.1, 0.15) is 5.82 Å². The van der Waals surface area contributed by atoms with Gasteiger partial charge in [0.25, 0.3) is 0 Å². The Hall–Kier alpha value is -1.62. The van der Waals surface area contributed by atoms with Crippen LogP contribution in [0.5, 0.6) is 0 Å². The van der Waals surface area contributed by atoms with E-state index in [1.165, 1.54) is 33.0 Å². The second kappa shape index (κ2) is 6.70. The molecule has 2 rings (SSSR count). The lowest BCUT2D eigenvalue weighted by Gasteiger charge is -2.21. The van der Waals surface area contributed by atoms with Gasteiger partial charge in [0.2, 0.25) is 0 Å². The van der Waals surface area contributed by atoms with Gasteiger partial charge in [-0.1, -0.05) is 0 Å². The molecular formula is C15H23N3O2. The summed E-state index contributed by atoms with van der Waals surface area (Å²) in [6, 6.07) is 3.93. The van der Waals surface area contributed by atoms with Gasteiger partial charge in [0, 0.05) is 12.6 Å². The van der Waals surface area contributed by atoms with Gasteiger partial charge in [0.15, 0.2) is 0 Å². The van der Waals surface area contributed by atoms with Gasteiger partial charge >= 0.3 is 5.97 Å². The summed E-state index contributed by atoms with van der Waals surface area (Å²) in [5.74, 6) is 0.466. The van der Waals surface area contributed by atoms with E-state index < -0.39 is 0 Å². The number of nitrogens with zero attached hydrogens (tertiary/aromatic N) is 2. The van der Waals surface area contributed by atoms with Crippen molar-refractivity contribution in [3.63, 3.8) is 0 Å². The van der Waals surface area contributed by atoms with Gasteiger partial charge in [-0.15, -0.1) is 0 Å². The maximum absolute atomic E-state index is 11.5. The molecular weight excluding hydrogens is 254 g/mol. The standard InChI is InChI=1S/C15H23N3O2/c1-11(10-18-8-4-5-9-18)16-14-7-6-13(12(2)17-14)15(19)20-3/h6-7,11H,4-5,8-10H2,1-3H3,(H,16,17). The van der Waals surface area contributed by atoms with Crippen LogP contribution in [0.15, 0.2) is 12.1 Å². The van der Waals surface area contributed by atoms with Crippen molar-refractivity contribution < 1.29 is 9.53 Å². The minimum Gasteiger partial charge on any atom is -0.465 e. The Labute approximate surface area is 120 Å². The minimum absolute atomic E-state index is 0.337. The number of methoxy groups -OCH3 is 1. The Morgan fingerprint density at radius 2 is 2.15 bits per heavy atom. The molecule has 2 heterocycles. The fourth-order valence-electron chi connectivity index (χ4n) is 2.62. The number of carbonyl (C=O) groups is 1. The van der Waals surface area contributed by atoms with Crippen LogP contribution in [0.3, 0.4) is 0 Å². The molecule has 1 fully saturated rings. The van der Waals surface area contributed by atoms with Crippen LogP contribution >= 0.6 is 0 Å². The Morgan fingerprint density at radius 3 is 2.75 bits per heavy atom. The second-order valence-corrected chi connectivity index (χ2v) is 5.37. The monoisotopic (exact) mass is 277 g/mol. The summed E-state index contributed by atoms with van der Waals surface area (Å²) in [6.45, 7) is 7.39. The molecule has 1 saturated heterocycles. The molecule has 5 heteroatoms. The highest BCUT2D eigenvalue weighted by atomic mass is 16.5. The largest absolute Gasteiger partial charge is 0.465 e. The fourth-order valence-corrected chi connectivity index (χ4v) is 2.62. The number of rotatable bonds is 5. The van der Waals surface area contributed by atoms with Gasteiger partial charge in [0.05, 0.1) is 18.4 Å². The van der Waals surface area contributed by atoms with Crippen molar-refractivity contribution in [1.82, 2.24) is 9.88 Å². The molecule has 110 valence electrons. The first-order valence-electron chi connectivity index (χ1n) is 7.15. The van der Waals surface area contributed by atoms with E-state index in [4.69, 9.17) is 4.74 Å². The summed E-state index contributed by atoms with van der Waals surface area (Å²) >= 11 is 0. The Balaban J connectivity index is 1.95. The highest BCUT2D eigenvalue weighted by Gasteiger charge is 2.15. The lowest BCUT2D eigenvalue weighted by molar-refractivity contribution is 0.0599. The fraction of sp³-hybridized carbons (Fsp3) is 0.600. The van der Waals surface area contributed by atoms with Crippen LogP contribution in [0.1, 0.15) is 35.8 Å². The molecule has 0 saturated carbocycles. The summed E-state index contributed by atoms with van der Waals surface area (Å²) in [5.41, 5.74) is 1.21. The Bertz CT molecular complexity index is 470. The maximum atomic E-state index is 11.5. The van der Waals surface area contributed by atoms with E-state index in [-0.39, 0.29) is 5.97 Å². The first kappa shape index (κ1) is 14.8. The molecule has 1 atom stereocenters. The van der Waals surface area contributed by atoms with Gasteiger partial charge in [-0.3, -0.25) is 0 Å². The highest BCUT2D eigenvalue weighted by molar-refractivity contribution is 5.90. The molecule has 5 nitrogen and oxygen atoms in total. The van der Waals surface area contributed by atoms with Crippen molar-refractivity contribution in [2.75, 3.05) is 32.1 Å². The van der Waals surface area contributed by atoms with Gasteiger partial charge < -0.3 is 15.0 Å². The molecule has 1 aliphatic rings. The van der Waals surface area contributed by atoms with Crippen molar-refractivity contribution in [2.45, 2.75) is 32.7 Å². The molecule has 0 bridgehead atoms. The van der Waals surface area contributed by atoms with E-state index in [0.29, 0.717) is 17.3 Å². The molecule has 1 N–H and O–H groups in total. The first-order valence-corrected chi connectivity index (χ1v) is 7.15. The summed E-state index contributed by atoms with van der Waals surface area (Å²) in [7, 11) is 1.38. The Morgan fingerprint density at radius 1 is 1.45 bits per heavy atom. The average molecular weight is 277 g/mol. The molecule has 1 unspecified atom stereocenters. The average Bonchev–Trinajstić information content (AvgIpc) is 2.90.